The molecule has 16 heteroatoms. The first-order valence-electron chi connectivity index (χ1n) is 20.1. The van der Waals surface area contributed by atoms with Crippen LogP contribution in [0.25, 0.3) is 0 Å². The standard InChI is InChI=1S/C39H62O16/c1-15(41)25-23(42)13-22-20-7-6-18-12-19(8-10-38(18,4)21(20)9-11-39(22,25)5)52-37-34(55-36-32(49)30(47)27(44)17(3)51-36)33(28(45)24(14-40)53-37)54-35-31(48)29(46)26(43)16(2)50-35/h6,16-17,19-37,40,42-49H,7-14H2,1-5H3/t16-,17-,19-,20+,21-,22-,23-,24+,25-,26-,27-,28+,29+,30+,31+,32+,33-,34+,35-,36-,37+,38-,39-/m0/s1. The molecule has 16 nitrogen and oxygen atoms in total. The van der Waals surface area contributed by atoms with Crippen LogP contribution in [-0.4, -0.2) is 163 Å². The molecule has 7 rings (SSSR count). The van der Waals surface area contributed by atoms with Crippen molar-refractivity contribution in [1.82, 2.24) is 0 Å². The lowest BCUT2D eigenvalue weighted by Gasteiger charge is -2.58. The van der Waals surface area contributed by atoms with Crippen molar-refractivity contribution >= 4 is 5.78 Å². The summed E-state index contributed by atoms with van der Waals surface area (Å²) < 4.78 is 36.5. The maximum atomic E-state index is 12.7. The van der Waals surface area contributed by atoms with Gasteiger partial charge < -0.3 is 74.4 Å². The van der Waals surface area contributed by atoms with Crippen LogP contribution in [0.5, 0.6) is 0 Å². The number of aliphatic hydroxyl groups is 9. The molecule has 3 saturated heterocycles. The van der Waals surface area contributed by atoms with Gasteiger partial charge in [-0.15, -0.1) is 0 Å². The van der Waals surface area contributed by atoms with Crippen LogP contribution in [0.1, 0.15) is 79.6 Å². The van der Waals surface area contributed by atoms with E-state index in [4.69, 9.17) is 28.4 Å². The highest BCUT2D eigenvalue weighted by Crippen LogP contribution is 2.66. The Hall–Kier alpha value is -1.19. The van der Waals surface area contributed by atoms with Crippen molar-refractivity contribution in [3.8, 4) is 0 Å². The molecule has 6 fully saturated rings. The molecule has 3 heterocycles. The van der Waals surface area contributed by atoms with Crippen molar-refractivity contribution < 1.29 is 79.2 Å². The molecule has 0 bridgehead atoms. The highest BCUT2D eigenvalue weighted by molar-refractivity contribution is 5.80. The van der Waals surface area contributed by atoms with Crippen molar-refractivity contribution in [1.29, 1.82) is 0 Å². The Morgan fingerprint density at radius 2 is 1.35 bits per heavy atom. The molecular weight excluding hydrogens is 724 g/mol. The molecule has 0 amide bonds. The fraction of sp³-hybridized carbons (Fsp3) is 0.923. The minimum atomic E-state index is -1.75. The molecule has 3 aliphatic heterocycles. The monoisotopic (exact) mass is 786 g/mol. The molecule has 0 spiro atoms. The Balaban J connectivity index is 1.13. The summed E-state index contributed by atoms with van der Waals surface area (Å²) in [6.45, 7) is 8.38. The van der Waals surface area contributed by atoms with E-state index in [1.54, 1.807) is 6.92 Å². The number of aliphatic hydroxyl groups excluding tert-OH is 9. The van der Waals surface area contributed by atoms with Crippen LogP contribution in [-0.2, 0) is 33.2 Å². The number of ketones is 1. The lowest BCUT2D eigenvalue weighted by atomic mass is 9.47. The molecule has 0 aromatic rings. The van der Waals surface area contributed by atoms with Gasteiger partial charge >= 0.3 is 0 Å². The summed E-state index contributed by atoms with van der Waals surface area (Å²) in [6.07, 6.45) is -15.5. The van der Waals surface area contributed by atoms with Gasteiger partial charge in [0.1, 0.15) is 66.8 Å². The smallest absolute Gasteiger partial charge is 0.187 e. The zero-order valence-electron chi connectivity index (χ0n) is 32.2. The maximum absolute atomic E-state index is 12.7. The van der Waals surface area contributed by atoms with Crippen LogP contribution in [0.4, 0.5) is 0 Å². The summed E-state index contributed by atoms with van der Waals surface area (Å²) in [5, 5.41) is 96.2. The van der Waals surface area contributed by atoms with E-state index < -0.39 is 111 Å². The molecular formula is C39H62O16. The molecule has 0 aromatic carbocycles. The Morgan fingerprint density at radius 1 is 0.745 bits per heavy atom. The first kappa shape index (κ1) is 42.0. The number of rotatable bonds is 8. The predicted octanol–water partition coefficient (Wildman–Crippen LogP) is -0.986. The van der Waals surface area contributed by atoms with Crippen LogP contribution in [0.2, 0.25) is 0 Å². The first-order valence-corrected chi connectivity index (χ1v) is 20.1. The number of allylic oxidation sites excluding steroid dienone is 1. The normalized spacial score (nSPS) is 55.5. The number of carbonyl (C=O) groups excluding carboxylic acids is 1. The topological polar surface area (TPSA) is 255 Å². The van der Waals surface area contributed by atoms with Gasteiger partial charge in [-0.25, -0.2) is 0 Å². The SMILES string of the molecule is CC(=O)[C@H]1[C@@H](O)C[C@H]2[C@@H]3CC=C4C[C@@H](O[C@@H]5O[C@H](CO)[C@@H](O)[C@H](O[C@@H]6O[C@@H](C)[C@H](O)[C@@H](O)[C@H]6O)[C@H]5O[C@@H]5O[C@@H](C)[C@H](O)[C@@H](O)[C@H]5O)CC[C@]4(C)[C@H]3CC[C@@]21C. The summed E-state index contributed by atoms with van der Waals surface area (Å²) in [6, 6.07) is 0. The lowest BCUT2D eigenvalue weighted by molar-refractivity contribution is -0.393. The third kappa shape index (κ3) is 7.18. The first-order chi connectivity index (χ1) is 25.9. The average Bonchev–Trinajstić information content (AvgIpc) is 3.43. The van der Waals surface area contributed by atoms with Crippen molar-refractivity contribution in [2.45, 2.75) is 184 Å². The van der Waals surface area contributed by atoms with Gasteiger partial charge in [-0.05, 0) is 94.3 Å². The van der Waals surface area contributed by atoms with E-state index in [-0.39, 0.29) is 28.4 Å². The highest BCUT2D eigenvalue weighted by Gasteiger charge is 2.62. The van der Waals surface area contributed by atoms with Gasteiger partial charge in [0.05, 0.1) is 31.0 Å². The molecule has 0 radical (unpaired) electrons. The third-order valence-electron chi connectivity index (χ3n) is 14.8. The van der Waals surface area contributed by atoms with Crippen molar-refractivity contribution in [2.75, 3.05) is 6.61 Å². The van der Waals surface area contributed by atoms with Crippen LogP contribution in [0.3, 0.4) is 0 Å². The van der Waals surface area contributed by atoms with E-state index in [0.29, 0.717) is 31.1 Å². The molecule has 9 N–H and O–H groups in total. The molecule has 0 aromatic heterocycles. The fourth-order valence-corrected chi connectivity index (χ4v) is 11.7. The van der Waals surface area contributed by atoms with E-state index in [9.17, 15) is 50.8 Å². The minimum absolute atomic E-state index is 0.0592. The Morgan fingerprint density at radius 3 is 1.93 bits per heavy atom. The molecule has 0 unspecified atom stereocenters. The Kier molecular flexibility index (Phi) is 12.0. The fourth-order valence-electron chi connectivity index (χ4n) is 11.7. The zero-order chi connectivity index (χ0) is 39.9. The summed E-state index contributed by atoms with van der Waals surface area (Å²) in [7, 11) is 0. The van der Waals surface area contributed by atoms with Gasteiger partial charge in [0, 0.05) is 5.92 Å². The van der Waals surface area contributed by atoms with Crippen LogP contribution < -0.4 is 0 Å². The van der Waals surface area contributed by atoms with E-state index in [2.05, 4.69) is 19.9 Å². The molecule has 7 aliphatic rings. The summed E-state index contributed by atoms with van der Waals surface area (Å²) >= 11 is 0. The number of carbonyl (C=O) groups is 1. The second-order valence-corrected chi connectivity index (χ2v) is 18.0. The Bertz CT molecular complexity index is 1420. The lowest BCUT2D eigenvalue weighted by Crippen LogP contribution is -2.67. The minimum Gasteiger partial charge on any atom is -0.394 e. The van der Waals surface area contributed by atoms with Crippen molar-refractivity contribution in [3.63, 3.8) is 0 Å². The number of hydrogen-bond donors (Lipinski definition) is 9. The second-order valence-electron chi connectivity index (χ2n) is 18.0. The summed E-state index contributed by atoms with van der Waals surface area (Å²) in [4.78, 5) is 12.7. The van der Waals surface area contributed by atoms with Gasteiger partial charge in [-0.3, -0.25) is 4.79 Å². The van der Waals surface area contributed by atoms with E-state index in [0.717, 1.165) is 25.7 Å². The molecule has 55 heavy (non-hydrogen) atoms. The van der Waals surface area contributed by atoms with Crippen LogP contribution >= 0.6 is 0 Å². The van der Waals surface area contributed by atoms with Gasteiger partial charge in [0.15, 0.2) is 18.9 Å². The molecule has 23 atom stereocenters. The van der Waals surface area contributed by atoms with Crippen molar-refractivity contribution in [3.05, 3.63) is 11.6 Å². The van der Waals surface area contributed by atoms with Crippen LogP contribution in [0, 0.1) is 34.5 Å². The van der Waals surface area contributed by atoms with Crippen molar-refractivity contribution in [2.24, 2.45) is 34.5 Å². The Labute approximate surface area is 321 Å². The molecule has 314 valence electrons. The second kappa shape index (κ2) is 15.8. The number of fused-ring (bicyclic) bond motifs is 5. The maximum Gasteiger partial charge on any atom is 0.187 e. The van der Waals surface area contributed by atoms with Gasteiger partial charge in [-0.2, -0.15) is 0 Å². The average molecular weight is 787 g/mol. The third-order valence-corrected chi connectivity index (χ3v) is 14.8. The number of hydrogen-bond acceptors (Lipinski definition) is 16. The van der Waals surface area contributed by atoms with Gasteiger partial charge in [0.2, 0.25) is 0 Å². The van der Waals surface area contributed by atoms with Gasteiger partial charge in [0.25, 0.3) is 0 Å². The summed E-state index contributed by atoms with van der Waals surface area (Å²) in [5.41, 5.74) is 0.878. The van der Waals surface area contributed by atoms with Gasteiger partial charge in [-0.1, -0.05) is 25.5 Å². The molecule has 4 aliphatic carbocycles. The van der Waals surface area contributed by atoms with E-state index in [1.165, 1.54) is 19.4 Å². The van der Waals surface area contributed by atoms with E-state index in [1.807, 2.05) is 0 Å². The van der Waals surface area contributed by atoms with Crippen LogP contribution in [0.15, 0.2) is 11.6 Å². The summed E-state index contributed by atoms with van der Waals surface area (Å²) in [5.74, 6) is 0.662. The predicted molar refractivity (Wildman–Crippen MR) is 188 cm³/mol. The quantitative estimate of drug-likeness (QED) is 0.134. The number of ether oxygens (including phenoxy) is 6. The zero-order valence-corrected chi connectivity index (χ0v) is 32.2. The highest BCUT2D eigenvalue weighted by atomic mass is 16.8. The largest absolute Gasteiger partial charge is 0.394 e. The molecule has 3 saturated carbocycles. The number of Topliss-reactive ketones (excluding diaryl/α,β-unsaturated/α-hetero) is 1. The van der Waals surface area contributed by atoms with E-state index >= 15 is 0 Å².